The number of fused-ring (bicyclic) bond motifs is 1. The molecule has 0 amide bonds. The molecule has 1 aliphatic heterocycles. The first-order chi connectivity index (χ1) is 14.5. The summed E-state index contributed by atoms with van der Waals surface area (Å²) < 4.78 is 11.8. The van der Waals surface area contributed by atoms with Crippen molar-refractivity contribution in [3.63, 3.8) is 0 Å². The van der Waals surface area contributed by atoms with Crippen molar-refractivity contribution in [2.24, 2.45) is 40.9 Å². The van der Waals surface area contributed by atoms with Gasteiger partial charge in [-0.25, -0.2) is 0 Å². The average molecular weight is 437 g/mol. The predicted molar refractivity (Wildman–Crippen MR) is 120 cm³/mol. The predicted octanol–water partition coefficient (Wildman–Crippen LogP) is 5.14. The van der Waals surface area contributed by atoms with E-state index < -0.39 is 11.5 Å². The minimum absolute atomic E-state index is 0.0261. The van der Waals surface area contributed by atoms with Gasteiger partial charge in [0.05, 0.1) is 17.9 Å². The van der Waals surface area contributed by atoms with Crippen molar-refractivity contribution in [3.05, 3.63) is 0 Å². The van der Waals surface area contributed by atoms with Gasteiger partial charge >= 0.3 is 11.9 Å². The molecule has 5 heteroatoms. The lowest BCUT2D eigenvalue weighted by Gasteiger charge is -2.53. The maximum Gasteiger partial charge on any atom is 0.311 e. The van der Waals surface area contributed by atoms with Crippen LogP contribution in [0.4, 0.5) is 0 Å². The van der Waals surface area contributed by atoms with E-state index >= 15 is 0 Å². The van der Waals surface area contributed by atoms with Gasteiger partial charge in [0, 0.05) is 12.3 Å². The van der Waals surface area contributed by atoms with Crippen molar-refractivity contribution in [3.8, 4) is 0 Å². The zero-order valence-corrected chi connectivity index (χ0v) is 20.4. The highest BCUT2D eigenvalue weighted by Crippen LogP contribution is 2.53. The Morgan fingerprint density at radius 1 is 1.10 bits per heavy atom. The molecule has 1 N–H and O–H groups in total. The average Bonchev–Trinajstić information content (AvgIpc) is 2.67. The summed E-state index contributed by atoms with van der Waals surface area (Å²) in [5.74, 6) is 2.79. The number of aliphatic hydroxyl groups is 1. The number of hydrogen-bond donors (Lipinski definition) is 1. The van der Waals surface area contributed by atoms with Gasteiger partial charge in [-0.3, -0.25) is 9.59 Å². The first-order valence-electron chi connectivity index (χ1n) is 12.6. The summed E-state index contributed by atoms with van der Waals surface area (Å²) in [6.45, 7) is 13.0. The number of ether oxygens (including phenoxy) is 2. The highest BCUT2D eigenvalue weighted by atomic mass is 16.6. The zero-order valence-electron chi connectivity index (χ0n) is 20.4. The van der Waals surface area contributed by atoms with Crippen LogP contribution in [-0.4, -0.2) is 35.4 Å². The van der Waals surface area contributed by atoms with Crippen LogP contribution in [0.15, 0.2) is 0 Å². The van der Waals surface area contributed by atoms with E-state index in [1.54, 1.807) is 0 Å². The van der Waals surface area contributed by atoms with Crippen molar-refractivity contribution in [2.45, 2.75) is 111 Å². The molecule has 0 aromatic heterocycles. The molecule has 9 atom stereocenters. The minimum Gasteiger partial charge on any atom is -0.462 e. The van der Waals surface area contributed by atoms with E-state index in [1.165, 1.54) is 12.8 Å². The van der Waals surface area contributed by atoms with Crippen LogP contribution in [0.2, 0.25) is 0 Å². The van der Waals surface area contributed by atoms with Gasteiger partial charge < -0.3 is 14.6 Å². The number of esters is 2. The molecule has 5 nitrogen and oxygen atoms in total. The maximum atomic E-state index is 13.0. The molecule has 0 aromatic carbocycles. The monoisotopic (exact) mass is 436 g/mol. The third kappa shape index (κ3) is 5.64. The largest absolute Gasteiger partial charge is 0.462 e. The zero-order chi connectivity index (χ0) is 22.9. The van der Waals surface area contributed by atoms with Crippen LogP contribution >= 0.6 is 0 Å². The molecule has 0 spiro atoms. The molecule has 0 radical (unpaired) electrons. The summed E-state index contributed by atoms with van der Waals surface area (Å²) in [6.07, 6.45) is 5.72. The molecule has 1 unspecified atom stereocenters. The van der Waals surface area contributed by atoms with Crippen molar-refractivity contribution < 1.29 is 24.2 Å². The summed E-state index contributed by atoms with van der Waals surface area (Å²) in [7, 11) is 0. The third-order valence-corrected chi connectivity index (χ3v) is 8.68. The van der Waals surface area contributed by atoms with Crippen molar-refractivity contribution in [1.82, 2.24) is 0 Å². The molecular weight excluding hydrogens is 392 g/mol. The molecule has 2 saturated carbocycles. The molecule has 3 fully saturated rings. The van der Waals surface area contributed by atoms with Crippen LogP contribution < -0.4 is 0 Å². The number of cyclic esters (lactones) is 1. The first-order valence-corrected chi connectivity index (χ1v) is 12.6. The summed E-state index contributed by atoms with van der Waals surface area (Å²) >= 11 is 0. The van der Waals surface area contributed by atoms with E-state index in [9.17, 15) is 14.7 Å². The summed E-state index contributed by atoms with van der Waals surface area (Å²) in [4.78, 5) is 24.7. The van der Waals surface area contributed by atoms with Crippen LogP contribution in [0.5, 0.6) is 0 Å². The van der Waals surface area contributed by atoms with E-state index in [-0.39, 0.29) is 30.6 Å². The fourth-order valence-electron chi connectivity index (χ4n) is 6.53. The lowest BCUT2D eigenvalue weighted by atomic mass is 9.55. The van der Waals surface area contributed by atoms with E-state index in [0.29, 0.717) is 41.9 Å². The van der Waals surface area contributed by atoms with E-state index in [2.05, 4.69) is 20.8 Å². The van der Waals surface area contributed by atoms with Gasteiger partial charge in [0.25, 0.3) is 0 Å². The Kier molecular flexibility index (Phi) is 7.76. The van der Waals surface area contributed by atoms with Crippen LogP contribution in [0, 0.1) is 40.9 Å². The van der Waals surface area contributed by atoms with Gasteiger partial charge in [0.1, 0.15) is 12.2 Å². The van der Waals surface area contributed by atoms with Crippen LogP contribution in [0.1, 0.15) is 92.9 Å². The first kappa shape index (κ1) is 24.5. The molecule has 178 valence electrons. The minimum atomic E-state index is -0.580. The second-order valence-corrected chi connectivity index (χ2v) is 11.6. The quantitative estimate of drug-likeness (QED) is 0.584. The van der Waals surface area contributed by atoms with Crippen LogP contribution in [-0.2, 0) is 19.1 Å². The van der Waals surface area contributed by atoms with Crippen molar-refractivity contribution in [1.29, 1.82) is 0 Å². The Bertz CT molecular complexity index is 644. The number of carbonyl (C=O) groups excluding carboxylic acids is 2. The second kappa shape index (κ2) is 9.80. The number of hydrogen-bond acceptors (Lipinski definition) is 5. The molecule has 3 aliphatic rings. The lowest BCUT2D eigenvalue weighted by molar-refractivity contribution is -0.176. The Morgan fingerprint density at radius 3 is 2.45 bits per heavy atom. The second-order valence-electron chi connectivity index (χ2n) is 11.6. The topological polar surface area (TPSA) is 72.8 Å². The van der Waals surface area contributed by atoms with Gasteiger partial charge in [0.2, 0.25) is 0 Å². The lowest BCUT2D eigenvalue weighted by Crippen LogP contribution is -2.51. The van der Waals surface area contributed by atoms with Gasteiger partial charge in [-0.05, 0) is 82.0 Å². The maximum absolute atomic E-state index is 13.0. The van der Waals surface area contributed by atoms with E-state index in [1.807, 2.05) is 20.8 Å². The normalized spacial score (nSPS) is 41.3. The van der Waals surface area contributed by atoms with Gasteiger partial charge in [0.15, 0.2) is 0 Å². The molecule has 1 saturated heterocycles. The fourth-order valence-corrected chi connectivity index (χ4v) is 6.53. The number of rotatable bonds is 6. The molecule has 0 bridgehead atoms. The third-order valence-electron chi connectivity index (χ3n) is 8.68. The SMILES string of the molecule is CCC(C)(C)C(=O)O[C@H]1C[C@@H](C)C[C@@H]2C(C)C[C@H](C)[C@H](CC[C@@H]3C[C@@H](O)CC(=O)O3)[C@@H]12. The number of aliphatic hydroxyl groups excluding tert-OH is 1. The molecule has 31 heavy (non-hydrogen) atoms. The Morgan fingerprint density at radius 2 is 1.81 bits per heavy atom. The summed E-state index contributed by atoms with van der Waals surface area (Å²) in [5, 5.41) is 9.97. The van der Waals surface area contributed by atoms with Crippen LogP contribution in [0.3, 0.4) is 0 Å². The Balaban J connectivity index is 1.77. The highest BCUT2D eigenvalue weighted by Gasteiger charge is 2.50. The van der Waals surface area contributed by atoms with Gasteiger partial charge in [-0.1, -0.05) is 27.7 Å². The Labute approximate surface area is 188 Å². The highest BCUT2D eigenvalue weighted by molar-refractivity contribution is 5.76. The number of carbonyl (C=O) groups is 2. The molecule has 2 aliphatic carbocycles. The summed E-state index contributed by atoms with van der Waals surface area (Å²) in [6, 6.07) is 0. The van der Waals surface area contributed by atoms with Crippen LogP contribution in [0.25, 0.3) is 0 Å². The molecule has 1 heterocycles. The van der Waals surface area contributed by atoms with E-state index in [4.69, 9.17) is 9.47 Å². The van der Waals surface area contributed by atoms with Crippen molar-refractivity contribution >= 4 is 11.9 Å². The molecule has 0 aromatic rings. The van der Waals surface area contributed by atoms with E-state index in [0.717, 1.165) is 25.7 Å². The molecular formula is C26H44O5. The van der Waals surface area contributed by atoms with Crippen molar-refractivity contribution in [2.75, 3.05) is 0 Å². The Hall–Kier alpha value is -1.10. The smallest absolute Gasteiger partial charge is 0.311 e. The van der Waals surface area contributed by atoms with Gasteiger partial charge in [-0.2, -0.15) is 0 Å². The van der Waals surface area contributed by atoms with Gasteiger partial charge in [-0.15, -0.1) is 0 Å². The standard InChI is InChI=1S/C26H44O5/c1-7-26(5,6)25(29)31-22-11-15(2)10-21-17(4)12-16(3)20(24(21)22)9-8-19-13-18(27)14-23(28)30-19/h15-22,24,27H,7-14H2,1-6H3/t15-,16-,17?,18+,19+,20-,21+,22-,24+/m0/s1. The fraction of sp³-hybridized carbons (Fsp3) is 0.923. The molecule has 3 rings (SSSR count). The summed E-state index contributed by atoms with van der Waals surface area (Å²) in [5.41, 5.74) is -0.454.